The second-order valence-corrected chi connectivity index (χ2v) is 10.3. The van der Waals surface area contributed by atoms with Gasteiger partial charge in [-0.05, 0) is 24.7 Å². The number of nitrogens with zero attached hydrogens (tertiary/aromatic N) is 1. The van der Waals surface area contributed by atoms with E-state index in [9.17, 15) is 13.2 Å². The lowest BCUT2D eigenvalue weighted by atomic mass is 9.89. The van der Waals surface area contributed by atoms with E-state index in [0.29, 0.717) is 45.6 Å². The van der Waals surface area contributed by atoms with Crippen molar-refractivity contribution in [2.24, 2.45) is 5.41 Å². The summed E-state index contributed by atoms with van der Waals surface area (Å²) in [4.78, 5) is 14.4. The van der Waals surface area contributed by atoms with Crippen LogP contribution in [0.4, 0.5) is 0 Å². The molecule has 0 aliphatic carbocycles. The van der Waals surface area contributed by atoms with Crippen molar-refractivity contribution in [1.82, 2.24) is 4.90 Å². The lowest BCUT2D eigenvalue weighted by Gasteiger charge is -2.44. The van der Waals surface area contributed by atoms with Crippen LogP contribution in [0.5, 0.6) is 0 Å². The minimum Gasteiger partial charge on any atom is -0.377 e. The quantitative estimate of drug-likeness (QED) is 0.746. The minimum absolute atomic E-state index is 0.00280. The molecule has 0 bridgehead atoms. The van der Waals surface area contributed by atoms with Crippen molar-refractivity contribution >= 4 is 15.7 Å². The standard InChI is InChI=1S/C16H27NO5S/c1-15(2)10-13(21-12-15)9-14(18)17-5-6-22-16(11-17)3-7-23(19,20)8-4-16/h13H,3-12H2,1-2H3/t13-/m0/s1. The molecule has 0 aromatic carbocycles. The van der Waals surface area contributed by atoms with Crippen molar-refractivity contribution in [2.75, 3.05) is 37.8 Å². The SMILES string of the molecule is CC1(C)CO[C@@H](CC(=O)N2CCOC3(CCS(=O)(=O)CC3)C2)C1. The maximum atomic E-state index is 12.6. The summed E-state index contributed by atoms with van der Waals surface area (Å²) in [5.41, 5.74) is -0.316. The summed E-state index contributed by atoms with van der Waals surface area (Å²) >= 11 is 0. The Morgan fingerprint density at radius 1 is 1.26 bits per heavy atom. The van der Waals surface area contributed by atoms with E-state index in [1.807, 2.05) is 4.90 Å². The molecule has 6 nitrogen and oxygen atoms in total. The number of hydrogen-bond acceptors (Lipinski definition) is 5. The molecule has 1 amide bonds. The second-order valence-electron chi connectivity index (χ2n) is 8.00. The van der Waals surface area contributed by atoms with Crippen LogP contribution >= 0.6 is 0 Å². The van der Waals surface area contributed by atoms with Gasteiger partial charge in [0.2, 0.25) is 5.91 Å². The number of carbonyl (C=O) groups is 1. The predicted molar refractivity (Wildman–Crippen MR) is 85.9 cm³/mol. The van der Waals surface area contributed by atoms with Crippen molar-refractivity contribution in [2.45, 2.75) is 51.2 Å². The van der Waals surface area contributed by atoms with Crippen molar-refractivity contribution in [1.29, 1.82) is 0 Å². The van der Waals surface area contributed by atoms with Crippen molar-refractivity contribution in [3.63, 3.8) is 0 Å². The van der Waals surface area contributed by atoms with Crippen LogP contribution in [0.3, 0.4) is 0 Å². The first-order valence-electron chi connectivity index (χ1n) is 8.43. The highest BCUT2D eigenvalue weighted by Gasteiger charge is 2.43. The molecule has 3 heterocycles. The van der Waals surface area contributed by atoms with Gasteiger partial charge in [-0.15, -0.1) is 0 Å². The van der Waals surface area contributed by atoms with Crippen LogP contribution in [-0.4, -0.2) is 68.7 Å². The molecular weight excluding hydrogens is 318 g/mol. The van der Waals surface area contributed by atoms with Gasteiger partial charge in [0.25, 0.3) is 0 Å². The zero-order valence-electron chi connectivity index (χ0n) is 14.0. The van der Waals surface area contributed by atoms with E-state index in [0.717, 1.165) is 6.42 Å². The first-order valence-corrected chi connectivity index (χ1v) is 10.2. The third kappa shape index (κ3) is 4.06. The lowest BCUT2D eigenvalue weighted by molar-refractivity contribution is -0.154. The molecule has 0 N–H and O–H groups in total. The Bertz CT molecular complexity index is 557. The van der Waals surface area contributed by atoms with E-state index in [4.69, 9.17) is 9.47 Å². The minimum atomic E-state index is -2.93. The molecule has 0 saturated carbocycles. The topological polar surface area (TPSA) is 72.9 Å². The third-order valence-electron chi connectivity index (χ3n) is 5.23. The van der Waals surface area contributed by atoms with E-state index >= 15 is 0 Å². The molecule has 3 aliphatic rings. The average Bonchev–Trinajstić information content (AvgIpc) is 2.82. The van der Waals surface area contributed by atoms with Gasteiger partial charge in [0.15, 0.2) is 9.84 Å². The van der Waals surface area contributed by atoms with Gasteiger partial charge in [0.05, 0.1) is 42.8 Å². The summed E-state index contributed by atoms with van der Waals surface area (Å²) in [6.07, 6.45) is 2.31. The number of amides is 1. The number of rotatable bonds is 2. The molecule has 7 heteroatoms. The average molecular weight is 345 g/mol. The Hall–Kier alpha value is -0.660. The van der Waals surface area contributed by atoms with Gasteiger partial charge in [0, 0.05) is 13.1 Å². The molecule has 0 unspecified atom stereocenters. The Labute approximate surface area is 138 Å². The van der Waals surface area contributed by atoms with E-state index in [2.05, 4.69) is 13.8 Å². The molecule has 0 aromatic rings. The molecule has 1 atom stereocenters. The molecule has 132 valence electrons. The number of carbonyl (C=O) groups excluding carboxylic acids is 1. The van der Waals surface area contributed by atoms with E-state index in [1.165, 1.54) is 0 Å². The third-order valence-corrected chi connectivity index (χ3v) is 6.88. The first-order chi connectivity index (χ1) is 10.7. The molecule has 0 aromatic heterocycles. The highest BCUT2D eigenvalue weighted by molar-refractivity contribution is 7.91. The monoisotopic (exact) mass is 345 g/mol. The van der Waals surface area contributed by atoms with Crippen LogP contribution in [-0.2, 0) is 24.1 Å². The number of morpholine rings is 1. The summed E-state index contributed by atoms with van der Waals surface area (Å²) in [6.45, 7) is 6.60. The van der Waals surface area contributed by atoms with Gasteiger partial charge in [-0.2, -0.15) is 0 Å². The maximum absolute atomic E-state index is 12.6. The Morgan fingerprint density at radius 3 is 2.57 bits per heavy atom. The van der Waals surface area contributed by atoms with E-state index in [-0.39, 0.29) is 28.9 Å². The zero-order chi connectivity index (χ0) is 16.7. The van der Waals surface area contributed by atoms with E-state index < -0.39 is 15.4 Å². The number of hydrogen-bond donors (Lipinski definition) is 0. The van der Waals surface area contributed by atoms with Gasteiger partial charge < -0.3 is 14.4 Å². The summed E-state index contributed by atoms with van der Waals surface area (Å²) in [5, 5.41) is 0. The highest BCUT2D eigenvalue weighted by atomic mass is 32.2. The van der Waals surface area contributed by atoms with Crippen LogP contribution in [0.1, 0.15) is 39.5 Å². The Morgan fingerprint density at radius 2 is 1.96 bits per heavy atom. The van der Waals surface area contributed by atoms with Crippen LogP contribution in [0, 0.1) is 5.41 Å². The summed E-state index contributed by atoms with van der Waals surface area (Å²) in [5.74, 6) is 0.424. The Balaban J connectivity index is 1.57. The lowest BCUT2D eigenvalue weighted by Crippen LogP contribution is -2.56. The number of ether oxygens (including phenoxy) is 2. The fourth-order valence-electron chi connectivity index (χ4n) is 3.80. The fraction of sp³-hybridized carbons (Fsp3) is 0.938. The second kappa shape index (κ2) is 6.01. The molecule has 0 radical (unpaired) electrons. The maximum Gasteiger partial charge on any atom is 0.225 e. The van der Waals surface area contributed by atoms with Crippen molar-refractivity contribution in [3.8, 4) is 0 Å². The molecule has 23 heavy (non-hydrogen) atoms. The summed E-state index contributed by atoms with van der Waals surface area (Å²) in [7, 11) is -2.93. The number of sulfone groups is 1. The molecule has 3 rings (SSSR count). The molecule has 3 aliphatic heterocycles. The smallest absolute Gasteiger partial charge is 0.225 e. The Kier molecular flexibility index (Phi) is 4.48. The van der Waals surface area contributed by atoms with E-state index in [1.54, 1.807) is 0 Å². The van der Waals surface area contributed by atoms with Gasteiger partial charge in [-0.1, -0.05) is 13.8 Å². The molecule has 3 saturated heterocycles. The van der Waals surface area contributed by atoms with Gasteiger partial charge in [-0.25, -0.2) is 8.42 Å². The van der Waals surface area contributed by atoms with Gasteiger partial charge in [-0.3, -0.25) is 4.79 Å². The van der Waals surface area contributed by atoms with Crippen LogP contribution in [0.25, 0.3) is 0 Å². The van der Waals surface area contributed by atoms with Crippen LogP contribution < -0.4 is 0 Å². The zero-order valence-corrected chi connectivity index (χ0v) is 14.9. The molecule has 1 spiro atoms. The molecular formula is C16H27NO5S. The van der Waals surface area contributed by atoms with Crippen molar-refractivity contribution < 1.29 is 22.7 Å². The predicted octanol–water partition coefficient (Wildman–Crippen LogP) is 0.998. The van der Waals surface area contributed by atoms with Crippen molar-refractivity contribution in [3.05, 3.63) is 0 Å². The van der Waals surface area contributed by atoms with Gasteiger partial charge >= 0.3 is 0 Å². The summed E-state index contributed by atoms with van der Waals surface area (Å²) in [6, 6.07) is 0. The fourth-order valence-corrected chi connectivity index (χ4v) is 5.37. The van der Waals surface area contributed by atoms with Crippen LogP contribution in [0.2, 0.25) is 0 Å². The molecule has 3 fully saturated rings. The van der Waals surface area contributed by atoms with Crippen LogP contribution in [0.15, 0.2) is 0 Å². The first kappa shape index (κ1) is 17.2. The highest BCUT2D eigenvalue weighted by Crippen LogP contribution is 2.34. The summed E-state index contributed by atoms with van der Waals surface area (Å²) < 4.78 is 34.9. The largest absolute Gasteiger partial charge is 0.377 e. The normalized spacial score (nSPS) is 32.1. The van der Waals surface area contributed by atoms with Gasteiger partial charge in [0.1, 0.15) is 0 Å².